The molecule has 0 saturated carbocycles. The highest BCUT2D eigenvalue weighted by Crippen LogP contribution is 2.30. The first-order valence-corrected chi connectivity index (χ1v) is 9.69. The van der Waals surface area contributed by atoms with E-state index < -0.39 is 23.2 Å². The number of nitrogen functional groups attached to an aromatic ring is 1. The van der Waals surface area contributed by atoms with Gasteiger partial charge in [-0.2, -0.15) is 5.26 Å². The third-order valence-electron chi connectivity index (χ3n) is 5.27. The van der Waals surface area contributed by atoms with Crippen molar-refractivity contribution >= 4 is 17.2 Å². The third kappa shape index (κ3) is 3.52. The Labute approximate surface area is 181 Å². The molecule has 1 aromatic carbocycles. The summed E-state index contributed by atoms with van der Waals surface area (Å²) in [7, 11) is 0. The van der Waals surface area contributed by atoms with Crippen LogP contribution in [0.25, 0.3) is 16.6 Å². The number of aryl methyl sites for hydroxylation is 1. The minimum Gasteiger partial charge on any atom is -0.382 e. The Kier molecular flexibility index (Phi) is 5.28. The molecular formula is C23H18F2N6O. The first kappa shape index (κ1) is 20.9. The lowest BCUT2D eigenvalue weighted by Gasteiger charge is -2.21. The van der Waals surface area contributed by atoms with Crippen molar-refractivity contribution in [2.75, 3.05) is 11.1 Å². The van der Waals surface area contributed by atoms with Crippen molar-refractivity contribution in [2.45, 2.75) is 19.9 Å². The zero-order valence-electron chi connectivity index (χ0n) is 17.2. The number of rotatable bonds is 4. The number of nitrogens with two attached hydrogens (primary N) is 1. The molecule has 0 saturated heterocycles. The Balaban J connectivity index is 1.97. The van der Waals surface area contributed by atoms with Crippen LogP contribution >= 0.6 is 0 Å². The van der Waals surface area contributed by atoms with Crippen molar-refractivity contribution in [2.24, 2.45) is 0 Å². The molecule has 0 fully saturated rings. The average Bonchev–Trinajstić information content (AvgIpc) is 2.76. The van der Waals surface area contributed by atoms with Crippen molar-refractivity contribution in [3.63, 3.8) is 0 Å². The standard InChI is InChI=1S/C23H18F2N6O/c1-12(30-22-18(10-26)21(27)28-11-29-22)17-9-16-6-7-19(25)13(2)31(16)23(32)20(17)14-4-3-5-15(24)8-14/h3-9,11-12H,1-2H3,(H3,27,28,29,30)/t12-/m0/s1. The van der Waals surface area contributed by atoms with Crippen LogP contribution < -0.4 is 16.6 Å². The second-order valence-corrected chi connectivity index (χ2v) is 7.28. The van der Waals surface area contributed by atoms with E-state index in [-0.39, 0.29) is 28.5 Å². The lowest BCUT2D eigenvalue weighted by Crippen LogP contribution is -2.23. The second kappa shape index (κ2) is 8.07. The Morgan fingerprint density at radius 1 is 1.19 bits per heavy atom. The monoisotopic (exact) mass is 432 g/mol. The third-order valence-corrected chi connectivity index (χ3v) is 5.27. The molecule has 0 aliphatic heterocycles. The highest BCUT2D eigenvalue weighted by molar-refractivity contribution is 5.72. The van der Waals surface area contributed by atoms with Gasteiger partial charge >= 0.3 is 0 Å². The SMILES string of the molecule is Cc1c(F)ccc2cc([C@H](C)Nc3ncnc(N)c3C#N)c(-c3cccc(F)c3)c(=O)n12. The van der Waals surface area contributed by atoms with Gasteiger partial charge in [0.2, 0.25) is 0 Å². The maximum atomic E-state index is 14.2. The topological polar surface area (TPSA) is 109 Å². The zero-order chi connectivity index (χ0) is 23.0. The van der Waals surface area contributed by atoms with Crippen LogP contribution in [0.2, 0.25) is 0 Å². The average molecular weight is 432 g/mol. The van der Waals surface area contributed by atoms with Gasteiger partial charge in [0.25, 0.3) is 5.56 Å². The number of fused-ring (bicyclic) bond motifs is 1. The molecule has 3 heterocycles. The fourth-order valence-corrected chi connectivity index (χ4v) is 3.68. The predicted octanol–water partition coefficient (Wildman–Crippen LogP) is 3.97. The van der Waals surface area contributed by atoms with E-state index in [1.807, 2.05) is 6.07 Å². The minimum atomic E-state index is -0.544. The number of nitriles is 1. The molecule has 32 heavy (non-hydrogen) atoms. The smallest absolute Gasteiger partial charge is 0.263 e. The largest absolute Gasteiger partial charge is 0.382 e. The van der Waals surface area contributed by atoms with Gasteiger partial charge in [-0.25, -0.2) is 18.7 Å². The van der Waals surface area contributed by atoms with Crippen molar-refractivity contribution < 1.29 is 8.78 Å². The summed E-state index contributed by atoms with van der Waals surface area (Å²) in [4.78, 5) is 21.4. The summed E-state index contributed by atoms with van der Waals surface area (Å²) >= 11 is 0. The van der Waals surface area contributed by atoms with Crippen LogP contribution in [0.5, 0.6) is 0 Å². The molecule has 0 radical (unpaired) electrons. The molecule has 1 atom stereocenters. The van der Waals surface area contributed by atoms with Gasteiger partial charge in [0.15, 0.2) is 0 Å². The Morgan fingerprint density at radius 2 is 1.97 bits per heavy atom. The molecule has 0 unspecified atom stereocenters. The zero-order valence-corrected chi connectivity index (χ0v) is 17.2. The van der Waals surface area contributed by atoms with E-state index in [0.717, 1.165) is 0 Å². The van der Waals surface area contributed by atoms with E-state index >= 15 is 0 Å². The second-order valence-electron chi connectivity index (χ2n) is 7.28. The summed E-state index contributed by atoms with van der Waals surface area (Å²) in [6.45, 7) is 3.27. The van der Waals surface area contributed by atoms with Crippen molar-refractivity contribution in [1.82, 2.24) is 14.4 Å². The highest BCUT2D eigenvalue weighted by atomic mass is 19.1. The minimum absolute atomic E-state index is 0.0206. The lowest BCUT2D eigenvalue weighted by atomic mass is 9.96. The first-order valence-electron chi connectivity index (χ1n) is 9.69. The van der Waals surface area contributed by atoms with Crippen LogP contribution in [0.4, 0.5) is 20.4 Å². The number of hydrogen-bond acceptors (Lipinski definition) is 6. The molecule has 7 nitrogen and oxygen atoms in total. The van der Waals surface area contributed by atoms with Crippen LogP contribution in [0.3, 0.4) is 0 Å². The molecule has 9 heteroatoms. The van der Waals surface area contributed by atoms with Gasteiger partial charge in [-0.1, -0.05) is 12.1 Å². The fraction of sp³-hybridized carbons (Fsp3) is 0.130. The molecule has 4 rings (SSSR count). The Hall–Kier alpha value is -4.32. The van der Waals surface area contributed by atoms with Gasteiger partial charge in [0.1, 0.15) is 41.2 Å². The fourth-order valence-electron chi connectivity index (χ4n) is 3.68. The molecule has 0 spiro atoms. The van der Waals surface area contributed by atoms with Gasteiger partial charge < -0.3 is 11.1 Å². The van der Waals surface area contributed by atoms with Crippen molar-refractivity contribution in [3.05, 3.63) is 87.6 Å². The number of hydrogen-bond donors (Lipinski definition) is 2. The molecule has 0 bridgehead atoms. The number of nitrogens with one attached hydrogen (secondary N) is 1. The number of anilines is 2. The van der Waals surface area contributed by atoms with E-state index in [1.165, 1.54) is 48.0 Å². The van der Waals surface area contributed by atoms with Gasteiger partial charge in [-0.3, -0.25) is 9.20 Å². The quantitative estimate of drug-likeness (QED) is 0.505. The molecular weight excluding hydrogens is 414 g/mol. The van der Waals surface area contributed by atoms with Gasteiger partial charge in [0.05, 0.1) is 17.3 Å². The Morgan fingerprint density at radius 3 is 2.69 bits per heavy atom. The van der Waals surface area contributed by atoms with E-state index in [9.17, 15) is 18.8 Å². The first-order chi connectivity index (χ1) is 15.3. The molecule has 160 valence electrons. The number of benzene rings is 1. The maximum absolute atomic E-state index is 14.2. The molecule has 0 aliphatic carbocycles. The summed E-state index contributed by atoms with van der Waals surface area (Å²) in [5, 5.41) is 12.5. The Bertz CT molecular complexity index is 1460. The number of aromatic nitrogens is 3. The van der Waals surface area contributed by atoms with E-state index in [1.54, 1.807) is 19.1 Å². The summed E-state index contributed by atoms with van der Waals surface area (Å²) < 4.78 is 29.5. The number of halogens is 2. The predicted molar refractivity (Wildman–Crippen MR) is 117 cm³/mol. The van der Waals surface area contributed by atoms with E-state index in [0.29, 0.717) is 16.6 Å². The van der Waals surface area contributed by atoms with Crippen LogP contribution in [0, 0.1) is 29.9 Å². The summed E-state index contributed by atoms with van der Waals surface area (Å²) in [6, 6.07) is 11.6. The van der Waals surface area contributed by atoms with E-state index in [2.05, 4.69) is 15.3 Å². The molecule has 3 N–H and O–H groups in total. The van der Waals surface area contributed by atoms with Crippen LogP contribution in [0.15, 0.2) is 53.6 Å². The summed E-state index contributed by atoms with van der Waals surface area (Å²) in [5.41, 5.74) is 7.04. The maximum Gasteiger partial charge on any atom is 0.263 e. The number of nitrogens with zero attached hydrogens (tertiary/aromatic N) is 4. The van der Waals surface area contributed by atoms with Gasteiger partial charge in [-0.15, -0.1) is 0 Å². The van der Waals surface area contributed by atoms with Crippen LogP contribution in [-0.2, 0) is 0 Å². The van der Waals surface area contributed by atoms with Crippen LogP contribution in [0.1, 0.15) is 29.8 Å². The van der Waals surface area contributed by atoms with Gasteiger partial charge in [-0.05, 0) is 55.3 Å². The molecule has 3 aromatic heterocycles. The molecule has 0 amide bonds. The number of pyridine rings is 2. The normalized spacial score (nSPS) is 11.8. The molecule has 4 aromatic rings. The van der Waals surface area contributed by atoms with E-state index in [4.69, 9.17) is 5.73 Å². The highest BCUT2D eigenvalue weighted by Gasteiger charge is 2.21. The lowest BCUT2D eigenvalue weighted by molar-refractivity contribution is 0.605. The van der Waals surface area contributed by atoms with Gasteiger partial charge in [0, 0.05) is 5.52 Å². The molecule has 0 aliphatic rings. The summed E-state index contributed by atoms with van der Waals surface area (Å²) in [5.74, 6) is -0.816. The van der Waals surface area contributed by atoms with Crippen molar-refractivity contribution in [1.29, 1.82) is 5.26 Å². The van der Waals surface area contributed by atoms with Crippen molar-refractivity contribution in [3.8, 4) is 17.2 Å². The summed E-state index contributed by atoms with van der Waals surface area (Å²) in [6.07, 6.45) is 1.22. The van der Waals surface area contributed by atoms with Crippen LogP contribution in [-0.4, -0.2) is 14.4 Å².